The van der Waals surface area contributed by atoms with E-state index in [1.807, 2.05) is 0 Å². The lowest BCUT2D eigenvalue weighted by Gasteiger charge is -2.11. The van der Waals surface area contributed by atoms with Crippen LogP contribution in [0.25, 0.3) is 0 Å². The van der Waals surface area contributed by atoms with Crippen LogP contribution in [-0.2, 0) is 12.7 Å². The number of nitrogens with one attached hydrogen (secondary N) is 2. The number of carbonyl (C=O) groups is 1. The molecule has 0 aliphatic heterocycles. The molecule has 2 N–H and O–H groups in total. The van der Waals surface area contributed by atoms with Gasteiger partial charge in [0.15, 0.2) is 0 Å². The summed E-state index contributed by atoms with van der Waals surface area (Å²) in [7, 11) is 0. The van der Waals surface area contributed by atoms with E-state index in [2.05, 4.69) is 15.6 Å². The predicted octanol–water partition coefficient (Wildman–Crippen LogP) is 5.10. The topological polar surface area (TPSA) is 54.0 Å². The predicted molar refractivity (Wildman–Crippen MR) is 97.4 cm³/mol. The fourth-order valence-corrected chi connectivity index (χ4v) is 2.47. The Hall–Kier alpha value is -3.42. The smallest absolute Gasteiger partial charge is 0.366 e. The van der Waals surface area contributed by atoms with Gasteiger partial charge in [0.05, 0.1) is 5.56 Å². The first-order valence-corrected chi connectivity index (χ1v) is 8.25. The second-order valence-corrected chi connectivity index (χ2v) is 5.91. The van der Waals surface area contributed by atoms with E-state index in [1.165, 1.54) is 36.5 Å². The number of hydrogen-bond donors (Lipinski definition) is 2. The van der Waals surface area contributed by atoms with Gasteiger partial charge in [-0.15, -0.1) is 0 Å². The lowest BCUT2D eigenvalue weighted by atomic mass is 10.1. The van der Waals surface area contributed by atoms with Crippen molar-refractivity contribution in [2.75, 3.05) is 10.6 Å². The molecule has 0 radical (unpaired) electrons. The van der Waals surface area contributed by atoms with Crippen LogP contribution in [0.3, 0.4) is 0 Å². The quantitative estimate of drug-likeness (QED) is 0.597. The van der Waals surface area contributed by atoms with Gasteiger partial charge in [-0.25, -0.2) is 9.37 Å². The monoisotopic (exact) mass is 389 g/mol. The summed E-state index contributed by atoms with van der Waals surface area (Å²) in [6.07, 6.45) is -3.12. The van der Waals surface area contributed by atoms with Gasteiger partial charge in [0.2, 0.25) is 0 Å². The number of anilines is 2. The van der Waals surface area contributed by atoms with Gasteiger partial charge in [0.1, 0.15) is 11.6 Å². The third-order valence-corrected chi connectivity index (χ3v) is 3.89. The number of carbonyl (C=O) groups excluding carboxylic acids is 1. The minimum atomic E-state index is -4.50. The molecule has 2 aromatic carbocycles. The maximum atomic E-state index is 13.7. The number of benzene rings is 2. The van der Waals surface area contributed by atoms with Gasteiger partial charge in [-0.1, -0.05) is 24.3 Å². The normalized spacial score (nSPS) is 11.1. The van der Waals surface area contributed by atoms with Crippen LogP contribution in [0.15, 0.2) is 66.9 Å². The molecule has 0 saturated heterocycles. The molecule has 1 aromatic heterocycles. The van der Waals surface area contributed by atoms with E-state index >= 15 is 0 Å². The molecule has 1 amide bonds. The second kappa shape index (κ2) is 8.08. The zero-order chi connectivity index (χ0) is 20.1. The third kappa shape index (κ3) is 4.85. The van der Waals surface area contributed by atoms with E-state index in [-0.39, 0.29) is 23.6 Å². The molecule has 0 aliphatic carbocycles. The molecule has 0 saturated carbocycles. The summed E-state index contributed by atoms with van der Waals surface area (Å²) in [4.78, 5) is 16.4. The zero-order valence-corrected chi connectivity index (χ0v) is 14.4. The van der Waals surface area contributed by atoms with Crippen LogP contribution in [0.2, 0.25) is 0 Å². The highest BCUT2D eigenvalue weighted by Crippen LogP contribution is 2.30. The van der Waals surface area contributed by atoms with Crippen LogP contribution < -0.4 is 10.6 Å². The Morgan fingerprint density at radius 2 is 1.79 bits per heavy atom. The standard InChI is InChI=1S/C20H15F4N3O/c21-17-7-2-1-4-14(17)12-26-18-10-13(8-9-25-18)19(28)27-16-6-3-5-15(11-16)20(22,23)24/h1-11H,12H2,(H,25,26)(H,27,28). The Morgan fingerprint density at radius 3 is 2.54 bits per heavy atom. The van der Waals surface area contributed by atoms with Gasteiger partial charge in [0.25, 0.3) is 5.91 Å². The van der Waals surface area contributed by atoms with Crippen LogP contribution in [0.5, 0.6) is 0 Å². The summed E-state index contributed by atoms with van der Waals surface area (Å²) in [5, 5.41) is 5.34. The van der Waals surface area contributed by atoms with Crippen molar-refractivity contribution in [2.24, 2.45) is 0 Å². The molecule has 144 valence electrons. The fraction of sp³-hybridized carbons (Fsp3) is 0.100. The molecule has 1 heterocycles. The number of aromatic nitrogens is 1. The van der Waals surface area contributed by atoms with Crippen molar-refractivity contribution in [3.8, 4) is 0 Å². The Labute approximate surface area is 158 Å². The second-order valence-electron chi connectivity index (χ2n) is 5.91. The highest BCUT2D eigenvalue weighted by Gasteiger charge is 2.30. The van der Waals surface area contributed by atoms with Crippen molar-refractivity contribution in [3.63, 3.8) is 0 Å². The van der Waals surface area contributed by atoms with Gasteiger partial charge in [0, 0.05) is 29.6 Å². The lowest BCUT2D eigenvalue weighted by molar-refractivity contribution is -0.137. The highest BCUT2D eigenvalue weighted by atomic mass is 19.4. The molecule has 0 bridgehead atoms. The van der Waals surface area contributed by atoms with Gasteiger partial charge in [-0.2, -0.15) is 13.2 Å². The molecule has 0 atom stereocenters. The first kappa shape index (κ1) is 19.3. The van der Waals surface area contributed by atoms with E-state index in [0.29, 0.717) is 11.4 Å². The largest absolute Gasteiger partial charge is 0.416 e. The number of alkyl halides is 3. The van der Waals surface area contributed by atoms with Gasteiger partial charge in [-0.05, 0) is 36.4 Å². The average Bonchev–Trinajstić information content (AvgIpc) is 2.67. The summed E-state index contributed by atoms with van der Waals surface area (Å²) in [5.74, 6) is -0.621. The Kier molecular flexibility index (Phi) is 5.58. The molecule has 4 nitrogen and oxygen atoms in total. The molecule has 3 rings (SSSR count). The summed E-state index contributed by atoms with van der Waals surface area (Å²) >= 11 is 0. The van der Waals surface area contributed by atoms with Crippen LogP contribution >= 0.6 is 0 Å². The molecule has 28 heavy (non-hydrogen) atoms. The molecule has 3 aromatic rings. The number of nitrogens with zero attached hydrogens (tertiary/aromatic N) is 1. The lowest BCUT2D eigenvalue weighted by Crippen LogP contribution is -2.14. The third-order valence-electron chi connectivity index (χ3n) is 3.89. The van der Waals surface area contributed by atoms with Gasteiger partial charge < -0.3 is 10.6 Å². The highest BCUT2D eigenvalue weighted by molar-refractivity contribution is 6.04. The summed E-state index contributed by atoms with van der Waals surface area (Å²) < 4.78 is 52.0. The molecule has 0 aliphatic rings. The SMILES string of the molecule is O=C(Nc1cccc(C(F)(F)F)c1)c1ccnc(NCc2ccccc2F)c1. The van der Waals surface area contributed by atoms with E-state index in [0.717, 1.165) is 12.1 Å². The zero-order valence-electron chi connectivity index (χ0n) is 14.4. The minimum absolute atomic E-state index is 0.0255. The van der Waals surface area contributed by atoms with Crippen molar-refractivity contribution < 1.29 is 22.4 Å². The van der Waals surface area contributed by atoms with Crippen LogP contribution in [0.1, 0.15) is 21.5 Å². The van der Waals surface area contributed by atoms with E-state index < -0.39 is 17.6 Å². The maximum absolute atomic E-state index is 13.7. The van der Waals surface area contributed by atoms with E-state index in [4.69, 9.17) is 0 Å². The summed E-state index contributed by atoms with van der Waals surface area (Å²) in [5.41, 5.74) is -0.198. The van der Waals surface area contributed by atoms with Crippen molar-refractivity contribution in [2.45, 2.75) is 12.7 Å². The number of rotatable bonds is 5. The van der Waals surface area contributed by atoms with Crippen molar-refractivity contribution in [1.29, 1.82) is 0 Å². The van der Waals surface area contributed by atoms with Crippen LogP contribution in [-0.4, -0.2) is 10.9 Å². The molecule has 0 fully saturated rings. The first-order chi connectivity index (χ1) is 13.3. The summed E-state index contributed by atoms with van der Waals surface area (Å²) in [6, 6.07) is 13.5. The Morgan fingerprint density at radius 1 is 1.00 bits per heavy atom. The number of amides is 1. The fourth-order valence-electron chi connectivity index (χ4n) is 2.47. The molecular weight excluding hydrogens is 374 g/mol. The number of pyridine rings is 1. The average molecular weight is 389 g/mol. The summed E-state index contributed by atoms with van der Waals surface area (Å²) in [6.45, 7) is 0.165. The Balaban J connectivity index is 1.70. The molecule has 0 spiro atoms. The number of hydrogen-bond acceptors (Lipinski definition) is 3. The Bertz CT molecular complexity index is 989. The number of halogens is 4. The van der Waals surface area contributed by atoms with Crippen molar-refractivity contribution in [3.05, 3.63) is 89.4 Å². The van der Waals surface area contributed by atoms with Crippen LogP contribution in [0, 0.1) is 5.82 Å². The van der Waals surface area contributed by atoms with Crippen molar-refractivity contribution >= 4 is 17.4 Å². The van der Waals surface area contributed by atoms with Gasteiger partial charge in [-0.3, -0.25) is 4.79 Å². The van der Waals surface area contributed by atoms with E-state index in [9.17, 15) is 22.4 Å². The maximum Gasteiger partial charge on any atom is 0.416 e. The van der Waals surface area contributed by atoms with Crippen LogP contribution in [0.4, 0.5) is 29.1 Å². The molecular formula is C20H15F4N3O. The van der Waals surface area contributed by atoms with Gasteiger partial charge >= 0.3 is 6.18 Å². The van der Waals surface area contributed by atoms with Crippen molar-refractivity contribution in [1.82, 2.24) is 4.98 Å². The molecule has 8 heteroatoms. The van der Waals surface area contributed by atoms with E-state index in [1.54, 1.807) is 18.2 Å². The first-order valence-electron chi connectivity index (χ1n) is 8.25. The molecule has 0 unspecified atom stereocenters. The minimum Gasteiger partial charge on any atom is -0.366 e.